The van der Waals surface area contributed by atoms with Crippen LogP contribution >= 0.6 is 0 Å². The van der Waals surface area contributed by atoms with E-state index >= 15 is 0 Å². The molecule has 1 fully saturated rings. The molecule has 0 bridgehead atoms. The van der Waals surface area contributed by atoms with Crippen LogP contribution in [0.1, 0.15) is 38.5 Å². The van der Waals surface area contributed by atoms with Crippen molar-refractivity contribution in [3.8, 4) is 5.75 Å². The van der Waals surface area contributed by atoms with Crippen molar-refractivity contribution >= 4 is 5.69 Å². The number of nitrogens with one attached hydrogen (secondary N) is 1. The summed E-state index contributed by atoms with van der Waals surface area (Å²) in [4.78, 5) is 0. The summed E-state index contributed by atoms with van der Waals surface area (Å²) in [7, 11) is 0. The van der Waals surface area contributed by atoms with Gasteiger partial charge in [-0.25, -0.2) is 4.39 Å². The van der Waals surface area contributed by atoms with E-state index < -0.39 is 18.2 Å². The molecule has 0 aromatic heterocycles. The van der Waals surface area contributed by atoms with Crippen molar-refractivity contribution in [3.05, 3.63) is 24.0 Å². The van der Waals surface area contributed by atoms with Crippen LogP contribution < -0.4 is 10.1 Å². The van der Waals surface area contributed by atoms with E-state index in [1.807, 2.05) is 0 Å². The molecule has 0 amide bonds. The van der Waals surface area contributed by atoms with E-state index in [1.165, 1.54) is 37.8 Å². The summed E-state index contributed by atoms with van der Waals surface area (Å²) < 4.78 is 41.6. The molecule has 5 heteroatoms. The predicted molar refractivity (Wildman–Crippen MR) is 68.1 cm³/mol. The van der Waals surface area contributed by atoms with E-state index in [0.29, 0.717) is 11.7 Å². The largest absolute Gasteiger partial charge is 0.432 e. The molecule has 0 saturated heterocycles. The summed E-state index contributed by atoms with van der Waals surface area (Å²) in [6, 6.07) is 4.36. The molecule has 106 valence electrons. The summed E-state index contributed by atoms with van der Waals surface area (Å²) in [5.41, 5.74) is 0.617. The van der Waals surface area contributed by atoms with Gasteiger partial charge in [-0.3, -0.25) is 0 Å². The SMILES string of the molecule is Fc1cc(NC2CCCCCC2)ccc1OC(F)F. The first-order chi connectivity index (χ1) is 9.15. The van der Waals surface area contributed by atoms with Crippen molar-refractivity contribution < 1.29 is 17.9 Å². The fraction of sp³-hybridized carbons (Fsp3) is 0.571. The first kappa shape index (κ1) is 14.0. The van der Waals surface area contributed by atoms with Crippen molar-refractivity contribution in [1.82, 2.24) is 0 Å². The lowest BCUT2D eigenvalue weighted by molar-refractivity contribution is -0.0521. The monoisotopic (exact) mass is 273 g/mol. The lowest BCUT2D eigenvalue weighted by atomic mass is 10.1. The van der Waals surface area contributed by atoms with Crippen LogP contribution in [0, 0.1) is 5.82 Å². The fourth-order valence-electron chi connectivity index (χ4n) is 2.44. The zero-order valence-corrected chi connectivity index (χ0v) is 10.7. The van der Waals surface area contributed by atoms with Crippen LogP contribution in [-0.2, 0) is 0 Å². The lowest BCUT2D eigenvalue weighted by Gasteiger charge is -2.18. The van der Waals surface area contributed by atoms with Crippen LogP contribution in [0.25, 0.3) is 0 Å². The molecule has 1 aliphatic carbocycles. The Morgan fingerprint density at radius 1 is 1.11 bits per heavy atom. The van der Waals surface area contributed by atoms with Crippen LogP contribution in [0.5, 0.6) is 5.75 Å². The van der Waals surface area contributed by atoms with E-state index in [1.54, 1.807) is 6.07 Å². The maximum atomic E-state index is 13.5. The molecule has 0 radical (unpaired) electrons. The molecule has 2 rings (SSSR count). The van der Waals surface area contributed by atoms with Crippen LogP contribution in [0.15, 0.2) is 18.2 Å². The number of hydrogen-bond donors (Lipinski definition) is 1. The molecule has 0 aliphatic heterocycles. The number of benzene rings is 1. The highest BCUT2D eigenvalue weighted by Gasteiger charge is 2.14. The average molecular weight is 273 g/mol. The van der Waals surface area contributed by atoms with Gasteiger partial charge < -0.3 is 10.1 Å². The predicted octanol–water partition coefficient (Wildman–Crippen LogP) is 4.56. The molecule has 0 atom stereocenters. The third-order valence-corrected chi connectivity index (χ3v) is 3.37. The minimum atomic E-state index is -3.00. The molecule has 1 aliphatic rings. The van der Waals surface area contributed by atoms with Gasteiger partial charge in [0.1, 0.15) is 0 Å². The molecule has 19 heavy (non-hydrogen) atoms. The highest BCUT2D eigenvalue weighted by atomic mass is 19.3. The summed E-state index contributed by atoms with van der Waals surface area (Å²) in [5, 5.41) is 3.26. The Morgan fingerprint density at radius 3 is 2.37 bits per heavy atom. The second-order valence-corrected chi connectivity index (χ2v) is 4.86. The minimum Gasteiger partial charge on any atom is -0.432 e. The van der Waals surface area contributed by atoms with E-state index in [0.717, 1.165) is 12.8 Å². The maximum Gasteiger partial charge on any atom is 0.387 e. The number of anilines is 1. The Hall–Kier alpha value is -1.39. The zero-order valence-electron chi connectivity index (χ0n) is 10.7. The Bertz CT molecular complexity index is 404. The van der Waals surface area contributed by atoms with Crippen LogP contribution in [-0.4, -0.2) is 12.7 Å². The topological polar surface area (TPSA) is 21.3 Å². The van der Waals surface area contributed by atoms with Crippen molar-refractivity contribution in [1.29, 1.82) is 0 Å². The Labute approximate surface area is 111 Å². The molecule has 1 saturated carbocycles. The number of alkyl halides is 2. The maximum absolute atomic E-state index is 13.5. The van der Waals surface area contributed by atoms with Crippen molar-refractivity contribution in [2.75, 3.05) is 5.32 Å². The molecule has 1 aromatic rings. The summed E-state index contributed by atoms with van der Waals surface area (Å²) >= 11 is 0. The van der Waals surface area contributed by atoms with E-state index in [-0.39, 0.29) is 0 Å². The Kier molecular flexibility index (Phi) is 4.93. The first-order valence-corrected chi connectivity index (χ1v) is 6.66. The number of halogens is 3. The highest BCUT2D eigenvalue weighted by molar-refractivity contribution is 5.48. The normalized spacial score (nSPS) is 17.3. The second kappa shape index (κ2) is 6.68. The Balaban J connectivity index is 1.98. The zero-order chi connectivity index (χ0) is 13.7. The molecular formula is C14H18F3NO. The van der Waals surface area contributed by atoms with Gasteiger partial charge in [0, 0.05) is 17.8 Å². The highest BCUT2D eigenvalue weighted by Crippen LogP contribution is 2.25. The quantitative estimate of drug-likeness (QED) is 0.812. The van der Waals surface area contributed by atoms with Gasteiger partial charge in [-0.1, -0.05) is 25.7 Å². The van der Waals surface area contributed by atoms with Gasteiger partial charge in [-0.05, 0) is 25.0 Å². The van der Waals surface area contributed by atoms with Gasteiger partial charge in [0.05, 0.1) is 0 Å². The summed E-state index contributed by atoms with van der Waals surface area (Å²) in [5.74, 6) is -1.18. The lowest BCUT2D eigenvalue weighted by Crippen LogP contribution is -2.18. The molecule has 1 N–H and O–H groups in total. The summed E-state index contributed by atoms with van der Waals surface area (Å²) in [6.07, 6.45) is 6.97. The Morgan fingerprint density at radius 2 is 1.79 bits per heavy atom. The van der Waals surface area contributed by atoms with Gasteiger partial charge >= 0.3 is 6.61 Å². The van der Waals surface area contributed by atoms with Crippen molar-refractivity contribution in [3.63, 3.8) is 0 Å². The van der Waals surface area contributed by atoms with Gasteiger partial charge in [0.25, 0.3) is 0 Å². The fourth-order valence-corrected chi connectivity index (χ4v) is 2.44. The minimum absolute atomic E-state index is 0.337. The van der Waals surface area contributed by atoms with Crippen LogP contribution in [0.2, 0.25) is 0 Å². The van der Waals surface area contributed by atoms with E-state index in [2.05, 4.69) is 10.1 Å². The third kappa shape index (κ3) is 4.33. The second-order valence-electron chi connectivity index (χ2n) is 4.86. The average Bonchev–Trinajstić information content (AvgIpc) is 2.61. The molecule has 2 nitrogen and oxygen atoms in total. The third-order valence-electron chi connectivity index (χ3n) is 3.37. The van der Waals surface area contributed by atoms with E-state index in [9.17, 15) is 13.2 Å². The molecule has 0 unspecified atom stereocenters. The molecular weight excluding hydrogens is 255 g/mol. The number of ether oxygens (including phenoxy) is 1. The number of hydrogen-bond acceptors (Lipinski definition) is 2. The molecule has 1 aromatic carbocycles. The van der Waals surface area contributed by atoms with Gasteiger partial charge in [-0.2, -0.15) is 8.78 Å². The summed E-state index contributed by atoms with van der Waals surface area (Å²) in [6.45, 7) is -3.00. The van der Waals surface area contributed by atoms with Crippen molar-refractivity contribution in [2.45, 2.75) is 51.2 Å². The van der Waals surface area contributed by atoms with Crippen molar-refractivity contribution in [2.24, 2.45) is 0 Å². The van der Waals surface area contributed by atoms with E-state index in [4.69, 9.17) is 0 Å². The first-order valence-electron chi connectivity index (χ1n) is 6.66. The number of rotatable bonds is 4. The van der Waals surface area contributed by atoms with Gasteiger partial charge in [0.2, 0.25) is 0 Å². The van der Waals surface area contributed by atoms with Gasteiger partial charge in [0.15, 0.2) is 11.6 Å². The van der Waals surface area contributed by atoms with Crippen LogP contribution in [0.4, 0.5) is 18.9 Å². The molecule has 0 spiro atoms. The smallest absolute Gasteiger partial charge is 0.387 e. The molecule has 0 heterocycles. The van der Waals surface area contributed by atoms with Crippen LogP contribution in [0.3, 0.4) is 0 Å². The standard InChI is InChI=1S/C14H18F3NO/c15-12-9-11(7-8-13(12)19-14(16)17)18-10-5-3-1-2-4-6-10/h7-10,14,18H,1-6H2. The van der Waals surface area contributed by atoms with Gasteiger partial charge in [-0.15, -0.1) is 0 Å².